The molecule has 0 radical (unpaired) electrons. The number of nitrogens with two attached hydrogens (primary N) is 1. The Balaban J connectivity index is 2.05. The maximum Gasteiger partial charge on any atom is 0.325 e. The van der Waals surface area contributed by atoms with Gasteiger partial charge in [-0.25, -0.2) is 14.2 Å². The normalized spacial score (nSPS) is 10.8. The summed E-state index contributed by atoms with van der Waals surface area (Å²) in [5, 5.41) is 0. The van der Waals surface area contributed by atoms with E-state index in [4.69, 9.17) is 10.5 Å². The highest BCUT2D eigenvalue weighted by Crippen LogP contribution is 2.27. The van der Waals surface area contributed by atoms with E-state index in [0.717, 1.165) is 0 Å². The monoisotopic (exact) mass is 260 g/mol. The number of benzene rings is 1. The molecular formula is C12H9FN4O2. The number of hydrogen-bond donors (Lipinski definition) is 3. The molecule has 0 atom stereocenters. The average molecular weight is 260 g/mol. The molecule has 0 aliphatic carbocycles. The number of rotatable bonds is 2. The van der Waals surface area contributed by atoms with E-state index in [1.807, 2.05) is 0 Å². The lowest BCUT2D eigenvalue weighted by Crippen LogP contribution is -1.99. The Morgan fingerprint density at radius 1 is 1.26 bits per heavy atom. The number of halogens is 1. The van der Waals surface area contributed by atoms with Crippen LogP contribution in [-0.2, 0) is 0 Å². The van der Waals surface area contributed by atoms with Crippen molar-refractivity contribution in [3.8, 4) is 11.5 Å². The molecule has 0 spiro atoms. The molecule has 2 aromatic heterocycles. The van der Waals surface area contributed by atoms with E-state index in [-0.39, 0.29) is 17.1 Å². The number of imidazole rings is 1. The largest absolute Gasteiger partial charge is 0.455 e. The summed E-state index contributed by atoms with van der Waals surface area (Å²) in [5.41, 5.74) is 5.83. The Labute approximate surface area is 106 Å². The molecule has 1 aromatic carbocycles. The minimum atomic E-state index is -0.564. The van der Waals surface area contributed by atoms with Crippen LogP contribution >= 0.6 is 0 Å². The number of anilines is 1. The molecule has 0 fully saturated rings. The standard InChI is InChI=1S/C12H9FN4O2/c13-7-5-6(1-2-8(7)14)19-9-3-4-15-11-10(9)16-12(18)17-11/h1-5H,14H2,(H2,15,16,17,18). The molecule has 2 heterocycles. The number of aromatic nitrogens is 3. The van der Waals surface area contributed by atoms with Gasteiger partial charge in [0.2, 0.25) is 0 Å². The number of nitrogen functional groups attached to an aromatic ring is 1. The van der Waals surface area contributed by atoms with Crippen molar-refractivity contribution in [2.45, 2.75) is 0 Å². The van der Waals surface area contributed by atoms with Crippen LogP contribution in [0.5, 0.6) is 11.5 Å². The second-order valence-corrected chi connectivity index (χ2v) is 3.90. The van der Waals surface area contributed by atoms with Gasteiger partial charge in [0.15, 0.2) is 11.4 Å². The predicted octanol–water partition coefficient (Wildman–Crippen LogP) is 1.76. The van der Waals surface area contributed by atoms with Gasteiger partial charge in [-0.3, -0.25) is 4.98 Å². The summed E-state index contributed by atoms with van der Waals surface area (Å²) in [6.07, 6.45) is 1.48. The molecule has 3 rings (SSSR count). The van der Waals surface area contributed by atoms with Crippen LogP contribution in [0.3, 0.4) is 0 Å². The highest BCUT2D eigenvalue weighted by Gasteiger charge is 2.08. The molecular weight excluding hydrogens is 251 g/mol. The van der Waals surface area contributed by atoms with Crippen molar-refractivity contribution < 1.29 is 9.13 Å². The van der Waals surface area contributed by atoms with Crippen LogP contribution in [0.25, 0.3) is 11.2 Å². The third-order valence-corrected chi connectivity index (χ3v) is 2.58. The Morgan fingerprint density at radius 3 is 2.89 bits per heavy atom. The van der Waals surface area contributed by atoms with Crippen LogP contribution in [0.1, 0.15) is 0 Å². The average Bonchev–Trinajstić information content (AvgIpc) is 2.75. The van der Waals surface area contributed by atoms with Crippen LogP contribution in [0.15, 0.2) is 35.3 Å². The van der Waals surface area contributed by atoms with Gasteiger partial charge in [-0.2, -0.15) is 0 Å². The van der Waals surface area contributed by atoms with Crippen LogP contribution < -0.4 is 16.2 Å². The summed E-state index contributed by atoms with van der Waals surface area (Å²) in [5.74, 6) is 0.0825. The molecule has 0 unspecified atom stereocenters. The first-order chi connectivity index (χ1) is 9.13. The lowest BCUT2D eigenvalue weighted by atomic mass is 10.3. The van der Waals surface area contributed by atoms with E-state index >= 15 is 0 Å². The highest BCUT2D eigenvalue weighted by atomic mass is 19.1. The lowest BCUT2D eigenvalue weighted by molar-refractivity contribution is 0.481. The number of H-pyrrole nitrogens is 2. The summed E-state index contributed by atoms with van der Waals surface area (Å²) >= 11 is 0. The summed E-state index contributed by atoms with van der Waals surface area (Å²) in [4.78, 5) is 20.2. The first-order valence-electron chi connectivity index (χ1n) is 5.43. The van der Waals surface area contributed by atoms with E-state index < -0.39 is 5.82 Å². The van der Waals surface area contributed by atoms with Gasteiger partial charge in [0.25, 0.3) is 0 Å². The van der Waals surface area contributed by atoms with Crippen molar-refractivity contribution in [3.05, 3.63) is 46.8 Å². The molecule has 0 aliphatic heterocycles. The lowest BCUT2D eigenvalue weighted by Gasteiger charge is -2.06. The molecule has 4 N–H and O–H groups in total. The number of nitrogens with one attached hydrogen (secondary N) is 2. The molecule has 0 saturated carbocycles. The zero-order valence-electron chi connectivity index (χ0n) is 9.61. The molecule has 3 aromatic rings. The van der Waals surface area contributed by atoms with Crippen molar-refractivity contribution in [2.24, 2.45) is 0 Å². The zero-order chi connectivity index (χ0) is 13.4. The quantitative estimate of drug-likeness (QED) is 0.611. The summed E-state index contributed by atoms with van der Waals surface area (Å²) in [7, 11) is 0. The van der Waals surface area contributed by atoms with E-state index in [0.29, 0.717) is 16.9 Å². The van der Waals surface area contributed by atoms with Gasteiger partial charge in [-0.1, -0.05) is 0 Å². The van der Waals surface area contributed by atoms with Crippen molar-refractivity contribution in [1.82, 2.24) is 15.0 Å². The molecule has 0 amide bonds. The Morgan fingerprint density at radius 2 is 2.11 bits per heavy atom. The summed E-state index contributed by atoms with van der Waals surface area (Å²) < 4.78 is 18.8. The third kappa shape index (κ3) is 2.01. The van der Waals surface area contributed by atoms with Crippen LogP contribution in [-0.4, -0.2) is 15.0 Å². The molecule has 0 aliphatic rings. The molecule has 0 saturated heterocycles. The topological polar surface area (TPSA) is 96.8 Å². The van der Waals surface area contributed by atoms with Crippen molar-refractivity contribution in [1.29, 1.82) is 0 Å². The number of nitrogens with zero attached hydrogens (tertiary/aromatic N) is 1. The Hall–Kier alpha value is -2.83. The van der Waals surface area contributed by atoms with E-state index in [9.17, 15) is 9.18 Å². The van der Waals surface area contributed by atoms with Crippen LogP contribution in [0, 0.1) is 5.82 Å². The minimum absolute atomic E-state index is 0.0438. The number of pyridine rings is 1. The van der Waals surface area contributed by atoms with E-state index in [2.05, 4.69) is 15.0 Å². The van der Waals surface area contributed by atoms with E-state index in [1.165, 1.54) is 24.4 Å². The SMILES string of the molecule is Nc1ccc(Oc2ccnc3[nH]c(=O)[nH]c23)cc1F. The Kier molecular flexibility index (Phi) is 2.45. The number of fused-ring (bicyclic) bond motifs is 1. The minimum Gasteiger partial charge on any atom is -0.455 e. The number of ether oxygens (including phenoxy) is 1. The second kappa shape index (κ2) is 4.13. The number of aromatic amines is 2. The van der Waals surface area contributed by atoms with Gasteiger partial charge < -0.3 is 15.5 Å². The summed E-state index contributed by atoms with van der Waals surface area (Å²) in [6.45, 7) is 0. The maximum absolute atomic E-state index is 13.3. The van der Waals surface area contributed by atoms with Gasteiger partial charge in [-0.15, -0.1) is 0 Å². The zero-order valence-corrected chi connectivity index (χ0v) is 9.61. The van der Waals surface area contributed by atoms with Crippen molar-refractivity contribution in [3.63, 3.8) is 0 Å². The fourth-order valence-electron chi connectivity index (χ4n) is 1.70. The molecule has 19 heavy (non-hydrogen) atoms. The van der Waals surface area contributed by atoms with E-state index in [1.54, 1.807) is 6.07 Å². The summed E-state index contributed by atoms with van der Waals surface area (Å²) in [6, 6.07) is 5.69. The fraction of sp³-hybridized carbons (Fsp3) is 0. The molecule has 96 valence electrons. The molecule has 7 heteroatoms. The fourth-order valence-corrected chi connectivity index (χ4v) is 1.70. The van der Waals surface area contributed by atoms with Gasteiger partial charge in [0, 0.05) is 18.3 Å². The molecule has 0 bridgehead atoms. The maximum atomic E-state index is 13.3. The predicted molar refractivity (Wildman–Crippen MR) is 67.6 cm³/mol. The number of hydrogen-bond acceptors (Lipinski definition) is 4. The smallest absolute Gasteiger partial charge is 0.325 e. The van der Waals surface area contributed by atoms with Gasteiger partial charge >= 0.3 is 5.69 Å². The van der Waals surface area contributed by atoms with Gasteiger partial charge in [-0.05, 0) is 12.1 Å². The third-order valence-electron chi connectivity index (χ3n) is 2.58. The van der Waals surface area contributed by atoms with Crippen molar-refractivity contribution in [2.75, 3.05) is 5.73 Å². The van der Waals surface area contributed by atoms with Crippen LogP contribution in [0.2, 0.25) is 0 Å². The Bertz CT molecular complexity index is 809. The first-order valence-corrected chi connectivity index (χ1v) is 5.43. The van der Waals surface area contributed by atoms with Crippen molar-refractivity contribution >= 4 is 16.9 Å². The van der Waals surface area contributed by atoms with Crippen LogP contribution in [0.4, 0.5) is 10.1 Å². The molecule has 6 nitrogen and oxygen atoms in total. The van der Waals surface area contributed by atoms with Gasteiger partial charge in [0.1, 0.15) is 17.1 Å². The highest BCUT2D eigenvalue weighted by molar-refractivity contribution is 5.77. The second-order valence-electron chi connectivity index (χ2n) is 3.90. The first kappa shape index (κ1) is 11.3. The van der Waals surface area contributed by atoms with Gasteiger partial charge in [0.05, 0.1) is 5.69 Å².